The molecule has 0 fully saturated rings. The van der Waals surface area contributed by atoms with Crippen LogP contribution in [0, 0.1) is 0 Å². The van der Waals surface area contributed by atoms with Gasteiger partial charge in [-0.05, 0) is 17.6 Å². The van der Waals surface area contributed by atoms with Crippen LogP contribution in [0.1, 0.15) is 6.42 Å². The first-order valence-electron chi connectivity index (χ1n) is 3.81. The molecule has 0 bridgehead atoms. The first kappa shape index (κ1) is 6.62. The van der Waals surface area contributed by atoms with Gasteiger partial charge < -0.3 is 5.11 Å². The summed E-state index contributed by atoms with van der Waals surface area (Å²) in [6, 6.07) is 0. The first-order valence-corrected chi connectivity index (χ1v) is 3.81. The van der Waals surface area contributed by atoms with Crippen molar-refractivity contribution in [3.8, 4) is 0 Å². The van der Waals surface area contributed by atoms with Gasteiger partial charge in [0.1, 0.15) is 0 Å². The molecule has 2 aliphatic rings. The Hall–Kier alpha value is -1.08. The minimum absolute atomic E-state index is 0.389. The Balaban J connectivity index is 2.40. The van der Waals surface area contributed by atoms with Gasteiger partial charge in [-0.3, -0.25) is 0 Å². The van der Waals surface area contributed by atoms with E-state index in [1.807, 2.05) is 12.2 Å². The van der Waals surface area contributed by atoms with Crippen LogP contribution in [0.15, 0.2) is 47.6 Å². The van der Waals surface area contributed by atoms with Crippen molar-refractivity contribution in [1.29, 1.82) is 0 Å². The Labute approximate surface area is 66.0 Å². The highest BCUT2D eigenvalue weighted by molar-refractivity contribution is 5.51. The Morgan fingerprint density at radius 2 is 2.36 bits per heavy atom. The van der Waals surface area contributed by atoms with E-state index in [9.17, 15) is 5.11 Å². The minimum atomic E-state index is -0.389. The predicted molar refractivity (Wildman–Crippen MR) is 45.1 cm³/mol. The lowest BCUT2D eigenvalue weighted by atomic mass is 9.91. The second-order valence-corrected chi connectivity index (χ2v) is 2.75. The molecule has 0 aromatic heterocycles. The van der Waals surface area contributed by atoms with Crippen molar-refractivity contribution in [1.82, 2.24) is 0 Å². The van der Waals surface area contributed by atoms with Gasteiger partial charge in [0.05, 0.1) is 6.10 Å². The summed E-state index contributed by atoms with van der Waals surface area (Å²) in [5.74, 6) is 0. The van der Waals surface area contributed by atoms with E-state index in [-0.39, 0.29) is 6.10 Å². The molecule has 0 aromatic carbocycles. The summed E-state index contributed by atoms with van der Waals surface area (Å²) < 4.78 is 0. The van der Waals surface area contributed by atoms with Gasteiger partial charge in [0, 0.05) is 0 Å². The van der Waals surface area contributed by atoms with Crippen LogP contribution < -0.4 is 0 Å². The van der Waals surface area contributed by atoms with E-state index >= 15 is 0 Å². The topological polar surface area (TPSA) is 20.2 Å². The van der Waals surface area contributed by atoms with E-state index in [1.165, 1.54) is 0 Å². The van der Waals surface area contributed by atoms with Crippen LogP contribution in [0.25, 0.3) is 0 Å². The van der Waals surface area contributed by atoms with E-state index in [0.29, 0.717) is 0 Å². The van der Waals surface area contributed by atoms with E-state index in [1.54, 1.807) is 6.08 Å². The number of aliphatic hydroxyl groups excluding tert-OH is 1. The van der Waals surface area contributed by atoms with Crippen LogP contribution in [0.4, 0.5) is 0 Å². The van der Waals surface area contributed by atoms with Crippen molar-refractivity contribution in [2.45, 2.75) is 12.5 Å². The molecule has 0 aromatic rings. The third-order valence-corrected chi connectivity index (χ3v) is 1.99. The van der Waals surface area contributed by atoms with Crippen LogP contribution in [-0.4, -0.2) is 11.2 Å². The molecule has 0 amide bonds. The van der Waals surface area contributed by atoms with E-state index < -0.39 is 0 Å². The summed E-state index contributed by atoms with van der Waals surface area (Å²) in [7, 11) is 0. The lowest BCUT2D eigenvalue weighted by molar-refractivity contribution is 0.260. The Bertz CT molecular complexity index is 279. The summed E-state index contributed by atoms with van der Waals surface area (Å²) in [4.78, 5) is 0. The summed E-state index contributed by atoms with van der Waals surface area (Å²) in [6.07, 6.45) is 12.5. The van der Waals surface area contributed by atoms with Crippen molar-refractivity contribution in [3.05, 3.63) is 47.6 Å². The minimum Gasteiger partial charge on any atom is -0.384 e. The molecule has 0 saturated carbocycles. The molecule has 0 radical (unpaired) electrons. The molecule has 11 heavy (non-hydrogen) atoms. The van der Waals surface area contributed by atoms with Crippen molar-refractivity contribution < 1.29 is 5.11 Å². The quantitative estimate of drug-likeness (QED) is 0.551. The van der Waals surface area contributed by atoms with Gasteiger partial charge in [-0.15, -0.1) is 0 Å². The van der Waals surface area contributed by atoms with Gasteiger partial charge in [0.15, 0.2) is 0 Å². The van der Waals surface area contributed by atoms with Gasteiger partial charge >= 0.3 is 0 Å². The van der Waals surface area contributed by atoms with Crippen molar-refractivity contribution in [3.63, 3.8) is 0 Å². The van der Waals surface area contributed by atoms with E-state index in [0.717, 1.165) is 17.6 Å². The molecule has 2 rings (SSSR count). The van der Waals surface area contributed by atoms with Crippen LogP contribution in [0.2, 0.25) is 0 Å². The SMILES string of the molecule is OC1C=CC=C2C=CCC=C21. The molecule has 1 atom stereocenters. The summed E-state index contributed by atoms with van der Waals surface area (Å²) in [5.41, 5.74) is 2.20. The zero-order valence-electron chi connectivity index (χ0n) is 6.20. The number of allylic oxidation sites excluding steroid dienone is 5. The lowest BCUT2D eigenvalue weighted by Crippen LogP contribution is -2.12. The van der Waals surface area contributed by atoms with Gasteiger partial charge in [-0.1, -0.05) is 36.5 Å². The number of hydrogen-bond donors (Lipinski definition) is 1. The van der Waals surface area contributed by atoms with Crippen LogP contribution in [-0.2, 0) is 0 Å². The smallest absolute Gasteiger partial charge is 0.0977 e. The summed E-state index contributed by atoms with van der Waals surface area (Å²) >= 11 is 0. The average molecular weight is 146 g/mol. The molecule has 1 unspecified atom stereocenters. The molecule has 0 heterocycles. The second kappa shape index (κ2) is 2.51. The van der Waals surface area contributed by atoms with Crippen molar-refractivity contribution in [2.24, 2.45) is 0 Å². The average Bonchev–Trinajstić information content (AvgIpc) is 2.06. The lowest BCUT2D eigenvalue weighted by Gasteiger charge is -2.18. The Kier molecular flexibility index (Phi) is 1.51. The molecular formula is C10H10O. The molecule has 56 valence electrons. The van der Waals surface area contributed by atoms with Gasteiger partial charge in [0.2, 0.25) is 0 Å². The van der Waals surface area contributed by atoms with E-state index in [2.05, 4.69) is 18.2 Å². The number of aliphatic hydroxyl groups is 1. The maximum absolute atomic E-state index is 9.47. The highest BCUT2D eigenvalue weighted by Gasteiger charge is 2.14. The fourth-order valence-corrected chi connectivity index (χ4v) is 1.42. The van der Waals surface area contributed by atoms with Gasteiger partial charge in [-0.25, -0.2) is 0 Å². The fraction of sp³-hybridized carbons (Fsp3) is 0.200. The molecule has 1 heteroatoms. The maximum atomic E-state index is 9.47. The Morgan fingerprint density at radius 1 is 1.45 bits per heavy atom. The molecule has 0 spiro atoms. The first-order chi connectivity index (χ1) is 5.38. The van der Waals surface area contributed by atoms with Gasteiger partial charge in [0.25, 0.3) is 0 Å². The molecule has 1 N–H and O–H groups in total. The molecule has 2 aliphatic carbocycles. The zero-order valence-corrected chi connectivity index (χ0v) is 6.20. The monoisotopic (exact) mass is 146 g/mol. The molecule has 1 nitrogen and oxygen atoms in total. The zero-order chi connectivity index (χ0) is 7.68. The summed E-state index contributed by atoms with van der Waals surface area (Å²) in [5, 5.41) is 9.47. The van der Waals surface area contributed by atoms with Crippen LogP contribution in [0.5, 0.6) is 0 Å². The second-order valence-electron chi connectivity index (χ2n) is 2.75. The summed E-state index contributed by atoms with van der Waals surface area (Å²) in [6.45, 7) is 0. The highest BCUT2D eigenvalue weighted by Crippen LogP contribution is 2.24. The molecule has 0 aliphatic heterocycles. The predicted octanol–water partition coefficient (Wildman–Crippen LogP) is 1.73. The van der Waals surface area contributed by atoms with Crippen molar-refractivity contribution >= 4 is 0 Å². The van der Waals surface area contributed by atoms with E-state index in [4.69, 9.17) is 0 Å². The number of fused-ring (bicyclic) bond motifs is 1. The Morgan fingerprint density at radius 3 is 3.18 bits per heavy atom. The van der Waals surface area contributed by atoms with Gasteiger partial charge in [-0.2, -0.15) is 0 Å². The fourth-order valence-electron chi connectivity index (χ4n) is 1.42. The van der Waals surface area contributed by atoms with Crippen LogP contribution >= 0.6 is 0 Å². The maximum Gasteiger partial charge on any atom is 0.0977 e. The normalized spacial score (nSPS) is 27.5. The van der Waals surface area contributed by atoms with Crippen LogP contribution in [0.3, 0.4) is 0 Å². The standard InChI is InChI=1S/C10H10O/c11-10-7-3-5-8-4-1-2-6-9(8)10/h1,3-7,10-11H,2H2. The number of hydrogen-bond acceptors (Lipinski definition) is 1. The molecular weight excluding hydrogens is 136 g/mol. The number of rotatable bonds is 0. The highest BCUT2D eigenvalue weighted by atomic mass is 16.3. The van der Waals surface area contributed by atoms with Crippen molar-refractivity contribution in [2.75, 3.05) is 0 Å². The largest absolute Gasteiger partial charge is 0.384 e. The molecule has 0 saturated heterocycles. The third-order valence-electron chi connectivity index (χ3n) is 1.99. The third kappa shape index (κ3) is 1.08.